The molecule has 2 rings (SSSR count). The number of sulfonamides is 1. The van der Waals surface area contributed by atoms with Gasteiger partial charge in [0.25, 0.3) is 0 Å². The zero-order valence-electron chi connectivity index (χ0n) is 8.41. The molecule has 1 aliphatic carbocycles. The molecule has 88 valence electrons. The quantitative estimate of drug-likeness (QED) is 0.932. The molecule has 0 saturated heterocycles. The predicted molar refractivity (Wildman–Crippen MR) is 62.1 cm³/mol. The Balaban J connectivity index is 2.27. The summed E-state index contributed by atoms with van der Waals surface area (Å²) in [6.07, 6.45) is 2.69. The van der Waals surface area contributed by atoms with E-state index in [0.29, 0.717) is 4.47 Å². The van der Waals surface area contributed by atoms with Crippen molar-refractivity contribution in [3.63, 3.8) is 0 Å². The first-order valence-corrected chi connectivity index (χ1v) is 7.24. The van der Waals surface area contributed by atoms with E-state index >= 15 is 0 Å². The van der Waals surface area contributed by atoms with Crippen molar-refractivity contribution in [3.05, 3.63) is 28.5 Å². The van der Waals surface area contributed by atoms with E-state index < -0.39 is 15.8 Å². The fourth-order valence-electron chi connectivity index (χ4n) is 1.50. The van der Waals surface area contributed by atoms with E-state index in [0.717, 1.165) is 25.3 Å². The molecule has 0 bridgehead atoms. The van der Waals surface area contributed by atoms with Crippen LogP contribution >= 0.6 is 15.9 Å². The van der Waals surface area contributed by atoms with Crippen molar-refractivity contribution in [2.75, 3.05) is 0 Å². The second-order valence-electron chi connectivity index (χ2n) is 3.82. The van der Waals surface area contributed by atoms with E-state index in [1.165, 1.54) is 12.1 Å². The Labute approximate surface area is 102 Å². The Kier molecular flexibility index (Phi) is 3.32. The first kappa shape index (κ1) is 12.0. The maximum Gasteiger partial charge on any atom is 0.243 e. The fraction of sp³-hybridized carbons (Fsp3) is 0.400. The Bertz CT molecular complexity index is 500. The van der Waals surface area contributed by atoms with E-state index in [4.69, 9.17) is 0 Å². The molecule has 1 fully saturated rings. The molecule has 0 atom stereocenters. The van der Waals surface area contributed by atoms with Crippen LogP contribution in [0.25, 0.3) is 0 Å². The van der Waals surface area contributed by atoms with Crippen LogP contribution in [0.5, 0.6) is 0 Å². The van der Waals surface area contributed by atoms with Gasteiger partial charge in [0.2, 0.25) is 10.0 Å². The van der Waals surface area contributed by atoms with Crippen LogP contribution in [0.2, 0.25) is 0 Å². The van der Waals surface area contributed by atoms with Crippen LogP contribution in [0.1, 0.15) is 19.3 Å². The zero-order valence-corrected chi connectivity index (χ0v) is 10.8. The van der Waals surface area contributed by atoms with Crippen LogP contribution in [0.4, 0.5) is 4.39 Å². The molecule has 1 aromatic rings. The lowest BCUT2D eigenvalue weighted by atomic mass is 9.94. The van der Waals surface area contributed by atoms with Crippen LogP contribution in [0.3, 0.4) is 0 Å². The van der Waals surface area contributed by atoms with Crippen LogP contribution in [-0.2, 0) is 10.0 Å². The molecule has 3 nitrogen and oxygen atoms in total. The number of hydrogen-bond donors (Lipinski definition) is 1. The second kappa shape index (κ2) is 4.43. The van der Waals surface area contributed by atoms with Crippen molar-refractivity contribution in [3.8, 4) is 0 Å². The Morgan fingerprint density at radius 1 is 1.38 bits per heavy atom. The summed E-state index contributed by atoms with van der Waals surface area (Å²) < 4.78 is 40.1. The Morgan fingerprint density at radius 2 is 2.06 bits per heavy atom. The van der Waals surface area contributed by atoms with E-state index in [-0.39, 0.29) is 10.9 Å². The van der Waals surface area contributed by atoms with Crippen molar-refractivity contribution >= 4 is 26.0 Å². The fourth-order valence-corrected chi connectivity index (χ4v) is 3.20. The molecular formula is C10H11BrFNO2S. The molecule has 0 aromatic heterocycles. The number of benzene rings is 1. The smallest absolute Gasteiger partial charge is 0.208 e. The average molecular weight is 308 g/mol. The molecule has 1 saturated carbocycles. The monoisotopic (exact) mass is 307 g/mol. The molecule has 1 aromatic carbocycles. The van der Waals surface area contributed by atoms with Crippen LogP contribution in [0, 0.1) is 5.82 Å². The van der Waals surface area contributed by atoms with Gasteiger partial charge in [-0.1, -0.05) is 22.4 Å². The van der Waals surface area contributed by atoms with Gasteiger partial charge in [-0.2, -0.15) is 0 Å². The molecule has 0 unspecified atom stereocenters. The number of halogens is 2. The topological polar surface area (TPSA) is 46.2 Å². The minimum absolute atomic E-state index is 0.0342. The number of rotatable bonds is 3. The average Bonchev–Trinajstić information content (AvgIpc) is 2.11. The highest BCUT2D eigenvalue weighted by Crippen LogP contribution is 2.23. The molecule has 0 radical (unpaired) electrons. The lowest BCUT2D eigenvalue weighted by molar-refractivity contribution is 0.382. The highest BCUT2D eigenvalue weighted by Gasteiger charge is 2.26. The Hall–Kier alpha value is -0.460. The van der Waals surface area contributed by atoms with Gasteiger partial charge in [-0.25, -0.2) is 17.5 Å². The third kappa shape index (κ3) is 2.44. The minimum atomic E-state index is -3.71. The van der Waals surface area contributed by atoms with Gasteiger partial charge in [0.1, 0.15) is 10.7 Å². The molecule has 1 aliphatic rings. The van der Waals surface area contributed by atoms with Crippen LogP contribution < -0.4 is 4.72 Å². The van der Waals surface area contributed by atoms with E-state index in [1.54, 1.807) is 0 Å². The van der Waals surface area contributed by atoms with Gasteiger partial charge in [-0.05, 0) is 31.0 Å². The summed E-state index contributed by atoms with van der Waals surface area (Å²) in [6, 6.07) is 3.89. The highest BCUT2D eigenvalue weighted by atomic mass is 79.9. The van der Waals surface area contributed by atoms with Crippen LogP contribution in [0.15, 0.2) is 27.6 Å². The predicted octanol–water partition coefficient (Wildman–Crippen LogP) is 2.42. The van der Waals surface area contributed by atoms with E-state index in [1.807, 2.05) is 0 Å². The summed E-state index contributed by atoms with van der Waals surface area (Å²) in [5, 5.41) is 0. The van der Waals surface area contributed by atoms with Crippen molar-refractivity contribution in [2.45, 2.75) is 30.2 Å². The lowest BCUT2D eigenvalue weighted by Crippen LogP contribution is -2.39. The molecule has 1 N–H and O–H groups in total. The molecular weight excluding hydrogens is 297 g/mol. The molecule has 0 spiro atoms. The van der Waals surface area contributed by atoms with E-state index in [9.17, 15) is 12.8 Å². The molecule has 6 heteroatoms. The lowest BCUT2D eigenvalue weighted by Gasteiger charge is -2.26. The molecule has 0 heterocycles. The van der Waals surface area contributed by atoms with Gasteiger partial charge in [-0.3, -0.25) is 0 Å². The summed E-state index contributed by atoms with van der Waals surface area (Å²) in [6.45, 7) is 0. The van der Waals surface area contributed by atoms with Crippen molar-refractivity contribution in [1.29, 1.82) is 0 Å². The minimum Gasteiger partial charge on any atom is -0.208 e. The SMILES string of the molecule is O=S(=O)(NC1CCC1)c1ccc(Br)cc1F. The Morgan fingerprint density at radius 3 is 2.56 bits per heavy atom. The van der Waals surface area contributed by atoms with Gasteiger partial charge in [0.15, 0.2) is 0 Å². The highest BCUT2D eigenvalue weighted by molar-refractivity contribution is 9.10. The van der Waals surface area contributed by atoms with E-state index in [2.05, 4.69) is 20.7 Å². The molecule has 16 heavy (non-hydrogen) atoms. The third-order valence-electron chi connectivity index (χ3n) is 2.61. The van der Waals surface area contributed by atoms with Crippen molar-refractivity contribution in [1.82, 2.24) is 4.72 Å². The maximum absolute atomic E-state index is 13.5. The standard InChI is InChI=1S/C10H11BrFNO2S/c11-7-4-5-10(9(12)6-7)16(14,15)13-8-2-1-3-8/h4-6,8,13H,1-3H2. The maximum atomic E-state index is 13.5. The van der Waals surface area contributed by atoms with Crippen molar-refractivity contribution in [2.24, 2.45) is 0 Å². The summed E-state index contributed by atoms with van der Waals surface area (Å²) in [5.74, 6) is -0.735. The summed E-state index contributed by atoms with van der Waals surface area (Å²) in [7, 11) is -3.71. The first-order valence-electron chi connectivity index (χ1n) is 4.96. The van der Waals surface area contributed by atoms with Gasteiger partial charge in [0, 0.05) is 10.5 Å². The van der Waals surface area contributed by atoms with Gasteiger partial charge >= 0.3 is 0 Å². The number of hydrogen-bond acceptors (Lipinski definition) is 2. The molecule has 0 aliphatic heterocycles. The number of nitrogens with one attached hydrogen (secondary N) is 1. The van der Waals surface area contributed by atoms with Gasteiger partial charge in [-0.15, -0.1) is 0 Å². The largest absolute Gasteiger partial charge is 0.243 e. The van der Waals surface area contributed by atoms with Gasteiger partial charge in [0.05, 0.1) is 0 Å². The first-order chi connectivity index (χ1) is 7.49. The van der Waals surface area contributed by atoms with Gasteiger partial charge < -0.3 is 0 Å². The van der Waals surface area contributed by atoms with Crippen molar-refractivity contribution < 1.29 is 12.8 Å². The molecule has 0 amide bonds. The second-order valence-corrected chi connectivity index (χ2v) is 6.42. The summed E-state index contributed by atoms with van der Waals surface area (Å²) in [5.41, 5.74) is 0. The zero-order chi connectivity index (χ0) is 11.8. The third-order valence-corrected chi connectivity index (χ3v) is 4.66. The van der Waals surface area contributed by atoms with Crippen LogP contribution in [-0.4, -0.2) is 14.5 Å². The summed E-state index contributed by atoms with van der Waals surface area (Å²) in [4.78, 5) is -0.289. The normalized spacial score (nSPS) is 17.1. The summed E-state index contributed by atoms with van der Waals surface area (Å²) >= 11 is 3.08.